The average molecular weight is 483 g/mol. The molecule has 146 valence electrons. The van der Waals surface area contributed by atoms with Crippen molar-refractivity contribution >= 4 is 5.78 Å². The number of hydrogen-bond acceptors (Lipinski definition) is 4. The molecule has 1 aromatic carbocycles. The summed E-state index contributed by atoms with van der Waals surface area (Å²) in [7, 11) is 3.97. The SMILES string of the molecule is C=CC[N@@+]1(C)CC[C@]23c4c5c(OC)cc(O)c4O[C@H]2C(=O)CC[C@H]3[C@H]1C5.[I-]. The van der Waals surface area contributed by atoms with Gasteiger partial charge in [-0.15, -0.1) is 0 Å². The maximum atomic E-state index is 12.8. The molecular weight excluding hydrogens is 457 g/mol. The second kappa shape index (κ2) is 6.11. The summed E-state index contributed by atoms with van der Waals surface area (Å²) < 4.78 is 12.8. The Morgan fingerprint density at radius 3 is 3.00 bits per heavy atom. The van der Waals surface area contributed by atoms with Crippen molar-refractivity contribution in [3.8, 4) is 17.2 Å². The van der Waals surface area contributed by atoms with Gasteiger partial charge in [-0.1, -0.05) is 6.58 Å². The van der Waals surface area contributed by atoms with Crippen molar-refractivity contribution in [2.75, 3.05) is 27.2 Å². The first-order valence-electron chi connectivity index (χ1n) is 9.54. The number of phenolic OH excluding ortho intramolecular Hbond substituents is 1. The van der Waals surface area contributed by atoms with E-state index in [4.69, 9.17) is 9.47 Å². The lowest BCUT2D eigenvalue weighted by Gasteiger charge is -2.60. The Bertz CT molecular complexity index is 840. The number of benzene rings is 1. The number of ether oxygens (including phenoxy) is 2. The molecular formula is C21H26INO4. The highest BCUT2D eigenvalue weighted by Crippen LogP contribution is 2.65. The van der Waals surface area contributed by atoms with Gasteiger partial charge in [-0.05, 0) is 12.5 Å². The van der Waals surface area contributed by atoms with E-state index in [1.54, 1.807) is 13.2 Å². The van der Waals surface area contributed by atoms with E-state index in [-0.39, 0.29) is 40.9 Å². The van der Waals surface area contributed by atoms with Crippen LogP contribution >= 0.6 is 0 Å². The zero-order chi connectivity index (χ0) is 18.3. The summed E-state index contributed by atoms with van der Waals surface area (Å²) in [5.41, 5.74) is 1.90. The average Bonchev–Trinajstić information content (AvgIpc) is 2.97. The minimum Gasteiger partial charge on any atom is -1.00 e. The number of likely N-dealkylation sites (N-methyl/N-ethyl adjacent to an activating group) is 1. The fourth-order valence-corrected chi connectivity index (χ4v) is 6.55. The molecule has 0 amide bonds. The fourth-order valence-electron chi connectivity index (χ4n) is 6.55. The smallest absolute Gasteiger partial charge is 0.174 e. The molecule has 5 atom stereocenters. The van der Waals surface area contributed by atoms with Gasteiger partial charge in [0.05, 0.1) is 38.7 Å². The Hall–Kier alpha value is -1.28. The Kier molecular flexibility index (Phi) is 4.31. The summed E-state index contributed by atoms with van der Waals surface area (Å²) in [5.74, 6) is 1.93. The quantitative estimate of drug-likeness (QED) is 0.353. The van der Waals surface area contributed by atoms with Crippen LogP contribution < -0.4 is 33.5 Å². The van der Waals surface area contributed by atoms with Gasteiger partial charge in [0, 0.05) is 42.4 Å². The molecule has 2 bridgehead atoms. The largest absolute Gasteiger partial charge is 1.00 e. The van der Waals surface area contributed by atoms with Gasteiger partial charge in [0.15, 0.2) is 23.4 Å². The molecule has 5 nitrogen and oxygen atoms in total. The zero-order valence-electron chi connectivity index (χ0n) is 15.8. The second-order valence-corrected chi connectivity index (χ2v) is 8.63. The van der Waals surface area contributed by atoms with Gasteiger partial charge < -0.3 is 43.0 Å². The zero-order valence-corrected chi connectivity index (χ0v) is 18.0. The van der Waals surface area contributed by atoms with Crippen molar-refractivity contribution < 1.29 is 47.8 Å². The molecule has 1 aromatic rings. The molecule has 4 aliphatic rings. The number of phenols is 1. The number of Topliss-reactive ketones (excluding diaryl/α,β-unsaturated/α-hetero) is 1. The van der Waals surface area contributed by atoms with Gasteiger partial charge >= 0.3 is 0 Å². The van der Waals surface area contributed by atoms with Crippen LogP contribution in [0.25, 0.3) is 0 Å². The fraction of sp³-hybridized carbons (Fsp3) is 0.571. The molecule has 2 heterocycles. The number of carbonyl (C=O) groups is 1. The van der Waals surface area contributed by atoms with Gasteiger partial charge in [0.1, 0.15) is 5.75 Å². The highest BCUT2D eigenvalue weighted by molar-refractivity contribution is 5.89. The number of likely N-dealkylation sites (tertiary alicyclic amines) is 1. The minimum atomic E-state index is -0.451. The standard InChI is InChI=1S/C21H25NO4.HI/c1-4-8-22(2)9-7-21-13-5-6-15(23)20(21)26-19-16(24)11-17(25-3)12(18(19)21)10-14(13)22;/h4,11,13-14,20H,1,5-10H2,2-3H3;1H/t13-,14+,20-,21-,22-;/m0./s1. The van der Waals surface area contributed by atoms with Crippen LogP contribution in [0.2, 0.25) is 0 Å². The lowest BCUT2D eigenvalue weighted by molar-refractivity contribution is -0.939. The molecule has 1 saturated carbocycles. The summed E-state index contributed by atoms with van der Waals surface area (Å²) >= 11 is 0. The number of methoxy groups -OCH3 is 1. The van der Waals surface area contributed by atoms with Crippen molar-refractivity contribution in [3.63, 3.8) is 0 Å². The summed E-state index contributed by atoms with van der Waals surface area (Å²) in [5, 5.41) is 10.6. The number of aromatic hydroxyl groups is 1. The van der Waals surface area contributed by atoms with E-state index in [1.807, 2.05) is 6.08 Å². The molecule has 1 saturated heterocycles. The lowest BCUT2D eigenvalue weighted by atomic mass is 9.51. The van der Waals surface area contributed by atoms with Crippen molar-refractivity contribution in [1.82, 2.24) is 0 Å². The summed E-state index contributed by atoms with van der Waals surface area (Å²) in [4.78, 5) is 12.8. The number of halogens is 1. The van der Waals surface area contributed by atoms with Crippen LogP contribution in [0.4, 0.5) is 0 Å². The molecule has 1 spiro atoms. The number of carbonyl (C=O) groups excluding carboxylic acids is 1. The maximum Gasteiger partial charge on any atom is 0.174 e. The lowest BCUT2D eigenvalue weighted by Crippen LogP contribution is -3.00. The third kappa shape index (κ3) is 2.17. The molecule has 1 N–H and O–H groups in total. The van der Waals surface area contributed by atoms with Crippen LogP contribution in [0.3, 0.4) is 0 Å². The molecule has 2 fully saturated rings. The summed E-state index contributed by atoms with van der Waals surface area (Å²) in [6.45, 7) is 5.91. The molecule has 2 aliphatic carbocycles. The van der Waals surface area contributed by atoms with Gasteiger partial charge in [-0.2, -0.15) is 0 Å². The van der Waals surface area contributed by atoms with Crippen LogP contribution in [0.5, 0.6) is 17.2 Å². The van der Waals surface area contributed by atoms with Gasteiger partial charge in [-0.3, -0.25) is 4.79 Å². The molecule has 0 aromatic heterocycles. The number of quaternary nitrogens is 1. The Morgan fingerprint density at radius 2 is 2.30 bits per heavy atom. The number of piperidine rings is 1. The van der Waals surface area contributed by atoms with E-state index in [9.17, 15) is 9.90 Å². The first kappa shape index (κ1) is 19.1. The van der Waals surface area contributed by atoms with E-state index in [2.05, 4.69) is 13.6 Å². The van der Waals surface area contributed by atoms with E-state index in [1.165, 1.54) is 0 Å². The Morgan fingerprint density at radius 1 is 1.52 bits per heavy atom. The van der Waals surface area contributed by atoms with E-state index in [0.717, 1.165) is 53.7 Å². The van der Waals surface area contributed by atoms with Crippen molar-refractivity contribution in [1.29, 1.82) is 0 Å². The highest BCUT2D eigenvalue weighted by Gasteiger charge is 2.69. The number of nitrogens with zero attached hydrogens (tertiary/aromatic N) is 1. The highest BCUT2D eigenvalue weighted by atomic mass is 127. The van der Waals surface area contributed by atoms with Gasteiger partial charge in [-0.25, -0.2) is 0 Å². The number of rotatable bonds is 3. The van der Waals surface area contributed by atoms with E-state index in [0.29, 0.717) is 24.1 Å². The van der Waals surface area contributed by atoms with Gasteiger partial charge in [0.2, 0.25) is 0 Å². The van der Waals surface area contributed by atoms with Crippen molar-refractivity contribution in [2.45, 2.75) is 43.2 Å². The predicted molar refractivity (Wildman–Crippen MR) is 96.7 cm³/mol. The first-order valence-corrected chi connectivity index (χ1v) is 9.54. The normalized spacial score (nSPS) is 37.7. The molecule has 27 heavy (non-hydrogen) atoms. The third-order valence-corrected chi connectivity index (χ3v) is 7.63. The van der Waals surface area contributed by atoms with Crippen LogP contribution in [0.15, 0.2) is 18.7 Å². The Balaban J connectivity index is 0.00000180. The monoisotopic (exact) mass is 483 g/mol. The maximum absolute atomic E-state index is 12.8. The number of ketones is 1. The summed E-state index contributed by atoms with van der Waals surface area (Å²) in [6.07, 6.45) is 4.85. The van der Waals surface area contributed by atoms with Gasteiger partial charge in [0.25, 0.3) is 0 Å². The molecule has 0 radical (unpaired) electrons. The van der Waals surface area contributed by atoms with E-state index >= 15 is 0 Å². The molecule has 2 aliphatic heterocycles. The summed E-state index contributed by atoms with van der Waals surface area (Å²) in [6, 6.07) is 2.07. The van der Waals surface area contributed by atoms with Crippen LogP contribution in [0.1, 0.15) is 30.4 Å². The minimum absolute atomic E-state index is 0. The molecule has 0 unspecified atom stereocenters. The number of hydrogen-bond donors (Lipinski definition) is 1. The first-order chi connectivity index (χ1) is 12.5. The van der Waals surface area contributed by atoms with Crippen molar-refractivity contribution in [2.24, 2.45) is 5.92 Å². The molecule has 5 rings (SSSR count). The van der Waals surface area contributed by atoms with Crippen LogP contribution in [-0.4, -0.2) is 54.8 Å². The van der Waals surface area contributed by atoms with Crippen molar-refractivity contribution in [3.05, 3.63) is 29.8 Å². The third-order valence-electron chi connectivity index (χ3n) is 7.63. The predicted octanol–water partition coefficient (Wildman–Crippen LogP) is -0.656. The van der Waals surface area contributed by atoms with Crippen LogP contribution in [0, 0.1) is 5.92 Å². The second-order valence-electron chi connectivity index (χ2n) is 8.63. The Labute approximate surface area is 176 Å². The topological polar surface area (TPSA) is 55.8 Å². The molecule has 6 heteroatoms. The van der Waals surface area contributed by atoms with E-state index < -0.39 is 6.10 Å². The van der Waals surface area contributed by atoms with Crippen LogP contribution in [-0.2, 0) is 16.6 Å².